The number of sulfone groups is 1. The Morgan fingerprint density at radius 2 is 1.79 bits per heavy atom. The van der Waals surface area contributed by atoms with E-state index in [0.29, 0.717) is 0 Å². The summed E-state index contributed by atoms with van der Waals surface area (Å²) in [5.41, 5.74) is -0.0188. The van der Waals surface area contributed by atoms with Gasteiger partial charge in [0.2, 0.25) is 0 Å². The number of halogens is 3. The number of nitrogens with one attached hydrogen (secondary N) is 1. The molecule has 3 rings (SSSR count). The van der Waals surface area contributed by atoms with E-state index in [9.17, 15) is 26.8 Å². The van der Waals surface area contributed by atoms with Gasteiger partial charge in [0.25, 0.3) is 5.91 Å². The van der Waals surface area contributed by atoms with Crippen LogP contribution in [0.3, 0.4) is 0 Å². The van der Waals surface area contributed by atoms with E-state index in [1.54, 1.807) is 0 Å². The highest BCUT2D eigenvalue weighted by molar-refractivity contribution is 7.92. The fourth-order valence-electron chi connectivity index (χ4n) is 3.00. The minimum absolute atomic E-state index is 0.00756. The van der Waals surface area contributed by atoms with Gasteiger partial charge < -0.3 is 10.1 Å². The molecule has 0 spiro atoms. The summed E-state index contributed by atoms with van der Waals surface area (Å²) in [5.74, 6) is -3.87. The van der Waals surface area contributed by atoms with Crippen molar-refractivity contribution < 1.29 is 31.5 Å². The minimum Gasteiger partial charge on any atom is -0.469 e. The summed E-state index contributed by atoms with van der Waals surface area (Å²) >= 11 is 6.04. The standard InChI is InChI=1S/C19H16ClF2NO5S/c1-28-19(25)11-6-13(7-11)29(26,27)17-8-10(2-4-14(17)20)18(24)23-12-3-5-15(21)16(22)9-12/h2-5,8-9,11,13H,6-7H2,1H3,(H,23,24)/t11-,13+. The summed E-state index contributed by atoms with van der Waals surface area (Å²) in [6.45, 7) is 0. The largest absolute Gasteiger partial charge is 0.469 e. The molecule has 0 heterocycles. The van der Waals surface area contributed by atoms with Gasteiger partial charge in [0, 0.05) is 17.3 Å². The number of carbonyl (C=O) groups excluding carboxylic acids is 2. The van der Waals surface area contributed by atoms with Crippen LogP contribution in [-0.4, -0.2) is 32.7 Å². The zero-order chi connectivity index (χ0) is 21.3. The fraction of sp³-hybridized carbons (Fsp3) is 0.263. The molecule has 1 amide bonds. The SMILES string of the molecule is COC(=O)[C@H]1C[C@@H](S(=O)(=O)c2cc(C(=O)Nc3ccc(F)c(F)c3)ccc2Cl)C1. The number of carbonyl (C=O) groups is 2. The van der Waals surface area contributed by atoms with E-state index in [-0.39, 0.29) is 34.0 Å². The second-order valence-electron chi connectivity index (χ2n) is 6.59. The van der Waals surface area contributed by atoms with Gasteiger partial charge in [0.05, 0.1) is 28.2 Å². The van der Waals surface area contributed by atoms with Crippen LogP contribution >= 0.6 is 11.6 Å². The molecule has 1 N–H and O–H groups in total. The number of anilines is 1. The van der Waals surface area contributed by atoms with E-state index >= 15 is 0 Å². The van der Waals surface area contributed by atoms with E-state index in [1.165, 1.54) is 25.3 Å². The van der Waals surface area contributed by atoms with Crippen molar-refractivity contribution >= 4 is 39.0 Å². The highest BCUT2D eigenvalue weighted by atomic mass is 35.5. The third-order valence-electron chi connectivity index (χ3n) is 4.75. The first-order valence-electron chi connectivity index (χ1n) is 8.51. The predicted octanol–water partition coefficient (Wildman–Crippen LogP) is 3.60. The molecule has 6 nitrogen and oxygen atoms in total. The van der Waals surface area contributed by atoms with Gasteiger partial charge in [-0.1, -0.05) is 11.6 Å². The number of hydrogen-bond acceptors (Lipinski definition) is 5. The van der Waals surface area contributed by atoms with Gasteiger partial charge in [-0.15, -0.1) is 0 Å². The van der Waals surface area contributed by atoms with Crippen molar-refractivity contribution in [2.24, 2.45) is 5.92 Å². The first kappa shape index (κ1) is 21.2. The molecule has 1 aliphatic rings. The Hall–Kier alpha value is -2.52. The number of hydrogen-bond donors (Lipinski definition) is 1. The van der Waals surface area contributed by atoms with Gasteiger partial charge >= 0.3 is 5.97 Å². The molecule has 29 heavy (non-hydrogen) atoms. The molecule has 0 aliphatic heterocycles. The molecular weight excluding hydrogens is 428 g/mol. The van der Waals surface area contributed by atoms with Crippen LogP contribution in [0.25, 0.3) is 0 Å². The zero-order valence-electron chi connectivity index (χ0n) is 15.1. The summed E-state index contributed by atoms with van der Waals surface area (Å²) < 4.78 is 56.6. The van der Waals surface area contributed by atoms with Crippen LogP contribution in [0, 0.1) is 17.6 Å². The van der Waals surface area contributed by atoms with Crippen molar-refractivity contribution in [3.8, 4) is 0 Å². The highest BCUT2D eigenvalue weighted by Gasteiger charge is 2.44. The van der Waals surface area contributed by atoms with Crippen molar-refractivity contribution in [3.05, 3.63) is 58.6 Å². The molecule has 0 radical (unpaired) electrons. The van der Waals surface area contributed by atoms with Crippen LogP contribution in [0.4, 0.5) is 14.5 Å². The monoisotopic (exact) mass is 443 g/mol. The average molecular weight is 444 g/mol. The van der Waals surface area contributed by atoms with Crippen LogP contribution in [0.2, 0.25) is 5.02 Å². The van der Waals surface area contributed by atoms with E-state index in [1.807, 2.05) is 0 Å². The Kier molecular flexibility index (Phi) is 5.90. The second kappa shape index (κ2) is 8.08. The number of methoxy groups -OCH3 is 1. The van der Waals surface area contributed by atoms with Gasteiger partial charge in [-0.05, 0) is 43.2 Å². The van der Waals surface area contributed by atoms with Crippen LogP contribution in [0.1, 0.15) is 23.2 Å². The average Bonchev–Trinajstić information content (AvgIpc) is 2.63. The molecule has 1 saturated carbocycles. The van der Waals surface area contributed by atoms with E-state index in [2.05, 4.69) is 10.1 Å². The Morgan fingerprint density at radius 1 is 1.10 bits per heavy atom. The molecule has 1 fully saturated rings. The van der Waals surface area contributed by atoms with Gasteiger partial charge in [0.1, 0.15) is 0 Å². The fourth-order valence-corrected chi connectivity index (χ4v) is 5.40. The summed E-state index contributed by atoms with van der Waals surface area (Å²) in [6.07, 6.45) is 0.216. The number of benzene rings is 2. The quantitative estimate of drug-likeness (QED) is 0.713. The Labute approximate surface area is 170 Å². The molecule has 0 aromatic heterocycles. The third-order valence-corrected chi connectivity index (χ3v) is 7.40. The van der Waals surface area contributed by atoms with Crippen LogP contribution < -0.4 is 5.32 Å². The van der Waals surface area contributed by atoms with Gasteiger partial charge in [-0.25, -0.2) is 17.2 Å². The minimum atomic E-state index is -3.88. The molecule has 1 aliphatic carbocycles. The third kappa shape index (κ3) is 4.25. The smallest absolute Gasteiger partial charge is 0.308 e. The molecule has 0 bridgehead atoms. The lowest BCUT2D eigenvalue weighted by Gasteiger charge is -2.32. The summed E-state index contributed by atoms with van der Waals surface area (Å²) in [5, 5.41) is 1.50. The van der Waals surface area contributed by atoms with E-state index < -0.39 is 44.5 Å². The Morgan fingerprint density at radius 3 is 2.41 bits per heavy atom. The number of ether oxygens (including phenoxy) is 1. The first-order chi connectivity index (χ1) is 13.6. The van der Waals surface area contributed by atoms with Crippen LogP contribution in [0.5, 0.6) is 0 Å². The van der Waals surface area contributed by atoms with Crippen molar-refractivity contribution in [1.82, 2.24) is 0 Å². The van der Waals surface area contributed by atoms with E-state index in [0.717, 1.165) is 18.2 Å². The summed E-state index contributed by atoms with van der Waals surface area (Å²) in [7, 11) is -2.65. The van der Waals surface area contributed by atoms with Crippen molar-refractivity contribution in [1.29, 1.82) is 0 Å². The van der Waals surface area contributed by atoms with Crippen molar-refractivity contribution in [3.63, 3.8) is 0 Å². The maximum Gasteiger partial charge on any atom is 0.308 e. The molecule has 0 unspecified atom stereocenters. The highest BCUT2D eigenvalue weighted by Crippen LogP contribution is 2.39. The number of esters is 1. The lowest BCUT2D eigenvalue weighted by atomic mass is 9.85. The maximum atomic E-state index is 13.3. The Bertz CT molecular complexity index is 1080. The van der Waals surface area contributed by atoms with Gasteiger partial charge in [0.15, 0.2) is 21.5 Å². The first-order valence-corrected chi connectivity index (χ1v) is 10.4. The molecule has 10 heteroatoms. The maximum absolute atomic E-state index is 13.3. The lowest BCUT2D eigenvalue weighted by molar-refractivity contribution is -0.148. The lowest BCUT2D eigenvalue weighted by Crippen LogP contribution is -2.40. The summed E-state index contributed by atoms with van der Waals surface area (Å²) in [4.78, 5) is 23.7. The second-order valence-corrected chi connectivity index (χ2v) is 9.19. The molecular formula is C19H16ClF2NO5S. The predicted molar refractivity (Wildman–Crippen MR) is 101 cm³/mol. The normalized spacial score (nSPS) is 18.6. The molecule has 2 aromatic rings. The molecule has 0 saturated heterocycles. The van der Waals surface area contributed by atoms with Crippen molar-refractivity contribution in [2.75, 3.05) is 12.4 Å². The number of amides is 1. The molecule has 0 atom stereocenters. The van der Waals surface area contributed by atoms with Crippen LogP contribution in [0.15, 0.2) is 41.3 Å². The Balaban J connectivity index is 1.81. The molecule has 154 valence electrons. The van der Waals surface area contributed by atoms with Gasteiger partial charge in [-0.3, -0.25) is 9.59 Å². The van der Waals surface area contributed by atoms with E-state index in [4.69, 9.17) is 11.6 Å². The van der Waals surface area contributed by atoms with Gasteiger partial charge in [-0.2, -0.15) is 0 Å². The topological polar surface area (TPSA) is 89.5 Å². The van der Waals surface area contributed by atoms with Crippen LogP contribution in [-0.2, 0) is 19.4 Å². The van der Waals surface area contributed by atoms with Crippen molar-refractivity contribution in [2.45, 2.75) is 23.0 Å². The number of rotatable bonds is 5. The zero-order valence-corrected chi connectivity index (χ0v) is 16.7. The molecule has 2 aromatic carbocycles. The summed E-state index contributed by atoms with van der Waals surface area (Å²) in [6, 6.07) is 6.54.